The van der Waals surface area contributed by atoms with Crippen LogP contribution >= 0.6 is 11.3 Å². The highest BCUT2D eigenvalue weighted by Crippen LogP contribution is 2.38. The Morgan fingerprint density at radius 3 is 2.77 bits per heavy atom. The third-order valence-corrected chi connectivity index (χ3v) is 4.14. The van der Waals surface area contributed by atoms with Crippen LogP contribution in [0.4, 0.5) is 0 Å². The quantitative estimate of drug-likeness (QED) is 0.788. The van der Waals surface area contributed by atoms with Crippen molar-refractivity contribution in [1.29, 1.82) is 0 Å². The summed E-state index contributed by atoms with van der Waals surface area (Å²) in [6.45, 7) is 0.825. The second-order valence-electron chi connectivity index (χ2n) is 3.90. The minimum Gasteiger partial charge on any atom is -0.330 e. The molecule has 1 aromatic rings. The molecule has 0 spiro atoms. The summed E-state index contributed by atoms with van der Waals surface area (Å²) in [7, 11) is 0. The van der Waals surface area contributed by atoms with Crippen LogP contribution in [0.2, 0.25) is 0 Å². The Morgan fingerprint density at radius 2 is 2.23 bits per heavy atom. The van der Waals surface area contributed by atoms with Crippen molar-refractivity contribution >= 4 is 11.3 Å². The zero-order valence-electron chi connectivity index (χ0n) is 7.91. The fourth-order valence-electron chi connectivity index (χ4n) is 2.40. The van der Waals surface area contributed by atoms with Gasteiger partial charge in [0.15, 0.2) is 0 Å². The van der Waals surface area contributed by atoms with Gasteiger partial charge in [0.1, 0.15) is 0 Å². The van der Waals surface area contributed by atoms with Crippen molar-refractivity contribution < 1.29 is 0 Å². The van der Waals surface area contributed by atoms with Crippen LogP contribution in [-0.2, 0) is 0 Å². The lowest BCUT2D eigenvalue weighted by molar-refractivity contribution is 0.446. The summed E-state index contributed by atoms with van der Waals surface area (Å²) < 4.78 is 0. The number of thiophene rings is 1. The van der Waals surface area contributed by atoms with E-state index in [0.717, 1.165) is 12.5 Å². The van der Waals surface area contributed by atoms with Crippen LogP contribution in [0.25, 0.3) is 0 Å². The lowest BCUT2D eigenvalue weighted by Crippen LogP contribution is -2.18. The Labute approximate surface area is 84.0 Å². The Morgan fingerprint density at radius 1 is 1.46 bits per heavy atom. The van der Waals surface area contributed by atoms with E-state index in [1.807, 2.05) is 11.3 Å². The van der Waals surface area contributed by atoms with Crippen molar-refractivity contribution in [3.05, 3.63) is 22.4 Å². The number of hydrogen-bond donors (Lipinski definition) is 1. The average Bonchev–Trinajstić information content (AvgIpc) is 2.76. The highest BCUT2D eigenvalue weighted by molar-refractivity contribution is 7.10. The molecule has 2 rings (SSSR count). The third-order valence-electron chi connectivity index (χ3n) is 3.13. The van der Waals surface area contributed by atoms with Gasteiger partial charge in [-0.25, -0.2) is 0 Å². The van der Waals surface area contributed by atoms with Crippen molar-refractivity contribution in [2.75, 3.05) is 6.54 Å². The topological polar surface area (TPSA) is 26.0 Å². The molecule has 1 fully saturated rings. The Hall–Kier alpha value is -0.340. The normalized spacial score (nSPS) is 20.7. The summed E-state index contributed by atoms with van der Waals surface area (Å²) in [5, 5.41) is 2.16. The largest absolute Gasteiger partial charge is 0.330 e. The van der Waals surface area contributed by atoms with E-state index in [1.165, 1.54) is 30.6 Å². The number of hydrogen-bond acceptors (Lipinski definition) is 2. The first kappa shape index (κ1) is 9.22. The zero-order chi connectivity index (χ0) is 9.10. The van der Waals surface area contributed by atoms with Crippen molar-refractivity contribution in [3.8, 4) is 0 Å². The third kappa shape index (κ3) is 1.94. The van der Waals surface area contributed by atoms with E-state index in [1.54, 1.807) is 0 Å². The van der Waals surface area contributed by atoms with Gasteiger partial charge in [0.2, 0.25) is 0 Å². The maximum atomic E-state index is 5.85. The number of nitrogens with two attached hydrogens (primary N) is 1. The van der Waals surface area contributed by atoms with Crippen molar-refractivity contribution in [1.82, 2.24) is 0 Å². The minimum atomic E-state index is 0.641. The second-order valence-corrected chi connectivity index (χ2v) is 4.88. The molecule has 1 heterocycles. The highest BCUT2D eigenvalue weighted by Gasteiger charge is 2.25. The zero-order valence-corrected chi connectivity index (χ0v) is 8.72. The summed E-state index contributed by atoms with van der Waals surface area (Å²) in [6, 6.07) is 4.37. The van der Waals surface area contributed by atoms with Crippen molar-refractivity contribution in [2.45, 2.75) is 31.6 Å². The van der Waals surface area contributed by atoms with Gasteiger partial charge in [0, 0.05) is 17.3 Å². The molecule has 1 atom stereocenters. The van der Waals surface area contributed by atoms with Gasteiger partial charge in [-0.2, -0.15) is 0 Å². The lowest BCUT2D eigenvalue weighted by Gasteiger charge is -2.20. The van der Waals surface area contributed by atoms with Crippen LogP contribution in [0.1, 0.15) is 36.5 Å². The minimum absolute atomic E-state index is 0.641. The monoisotopic (exact) mass is 195 g/mol. The molecule has 1 saturated carbocycles. The summed E-state index contributed by atoms with van der Waals surface area (Å²) in [5.41, 5.74) is 5.85. The Bertz CT molecular complexity index is 237. The Kier molecular flexibility index (Phi) is 3.01. The molecule has 0 bridgehead atoms. The van der Waals surface area contributed by atoms with Gasteiger partial charge in [-0.1, -0.05) is 18.9 Å². The van der Waals surface area contributed by atoms with Gasteiger partial charge < -0.3 is 5.73 Å². The standard InChI is InChI=1S/C11H17NS/c12-8-10(9-4-1-2-5-9)11-6-3-7-13-11/h3,6-7,9-10H,1-2,4-5,8,12H2. The van der Waals surface area contributed by atoms with Gasteiger partial charge in [-0.15, -0.1) is 11.3 Å². The van der Waals surface area contributed by atoms with Crippen LogP contribution < -0.4 is 5.73 Å². The summed E-state index contributed by atoms with van der Waals surface area (Å²) >= 11 is 1.86. The second kappa shape index (κ2) is 4.25. The molecule has 0 aromatic carbocycles. The highest BCUT2D eigenvalue weighted by atomic mass is 32.1. The molecule has 1 unspecified atom stereocenters. The molecule has 0 amide bonds. The smallest absolute Gasteiger partial charge is 0.00915 e. The molecule has 0 saturated heterocycles. The Balaban J connectivity index is 2.08. The van der Waals surface area contributed by atoms with Gasteiger partial charge in [-0.05, 0) is 30.2 Å². The maximum Gasteiger partial charge on any atom is 0.00915 e. The van der Waals surface area contributed by atoms with Gasteiger partial charge in [0.25, 0.3) is 0 Å². The van der Waals surface area contributed by atoms with E-state index in [0.29, 0.717) is 5.92 Å². The van der Waals surface area contributed by atoms with Crippen molar-refractivity contribution in [3.63, 3.8) is 0 Å². The molecule has 1 nitrogen and oxygen atoms in total. The van der Waals surface area contributed by atoms with Crippen LogP contribution in [-0.4, -0.2) is 6.54 Å². The summed E-state index contributed by atoms with van der Waals surface area (Å²) in [4.78, 5) is 1.49. The molecule has 1 aliphatic carbocycles. The molecule has 13 heavy (non-hydrogen) atoms. The van der Waals surface area contributed by atoms with Gasteiger partial charge >= 0.3 is 0 Å². The number of rotatable bonds is 3. The van der Waals surface area contributed by atoms with E-state index < -0.39 is 0 Å². The van der Waals surface area contributed by atoms with E-state index in [4.69, 9.17) is 5.73 Å². The first-order chi connectivity index (χ1) is 6.42. The predicted molar refractivity (Wildman–Crippen MR) is 58.1 cm³/mol. The molecule has 1 aliphatic rings. The van der Waals surface area contributed by atoms with Crippen molar-refractivity contribution in [2.24, 2.45) is 11.7 Å². The molecule has 1 aromatic heterocycles. The van der Waals surface area contributed by atoms with Gasteiger partial charge in [-0.3, -0.25) is 0 Å². The molecule has 72 valence electrons. The van der Waals surface area contributed by atoms with E-state index >= 15 is 0 Å². The first-order valence-corrected chi connectivity index (χ1v) is 6.03. The van der Waals surface area contributed by atoms with Gasteiger partial charge in [0.05, 0.1) is 0 Å². The first-order valence-electron chi connectivity index (χ1n) is 5.15. The van der Waals surface area contributed by atoms with E-state index in [-0.39, 0.29) is 0 Å². The maximum absolute atomic E-state index is 5.85. The molecule has 2 heteroatoms. The summed E-state index contributed by atoms with van der Waals surface area (Å²) in [6.07, 6.45) is 5.60. The average molecular weight is 195 g/mol. The predicted octanol–water partition coefficient (Wildman–Crippen LogP) is 2.98. The molecular formula is C11H17NS. The molecule has 0 aliphatic heterocycles. The van der Waals surface area contributed by atoms with Crippen LogP contribution in [0.15, 0.2) is 17.5 Å². The summed E-state index contributed by atoms with van der Waals surface area (Å²) in [5.74, 6) is 1.51. The SMILES string of the molecule is NCC(c1cccs1)C1CCCC1. The van der Waals surface area contributed by atoms with Crippen LogP contribution in [0.3, 0.4) is 0 Å². The lowest BCUT2D eigenvalue weighted by atomic mass is 9.90. The van der Waals surface area contributed by atoms with E-state index in [9.17, 15) is 0 Å². The van der Waals surface area contributed by atoms with E-state index in [2.05, 4.69) is 17.5 Å². The van der Waals surface area contributed by atoms with Crippen LogP contribution in [0.5, 0.6) is 0 Å². The van der Waals surface area contributed by atoms with Crippen LogP contribution in [0, 0.1) is 5.92 Å². The fourth-order valence-corrected chi connectivity index (χ4v) is 3.34. The molecule has 0 radical (unpaired) electrons. The fraction of sp³-hybridized carbons (Fsp3) is 0.636. The molecule has 2 N–H and O–H groups in total. The molecular weight excluding hydrogens is 178 g/mol.